The molecule has 7 nitrogen and oxygen atoms in total. The van der Waals surface area contributed by atoms with Crippen molar-refractivity contribution in [3.63, 3.8) is 0 Å². The van der Waals surface area contributed by atoms with Gasteiger partial charge in [-0.2, -0.15) is 0 Å². The molecule has 1 aromatic heterocycles. The van der Waals surface area contributed by atoms with E-state index in [2.05, 4.69) is 16.6 Å². The number of nitrogens with zero attached hydrogens (tertiary/aromatic N) is 2. The number of thiazole rings is 1. The summed E-state index contributed by atoms with van der Waals surface area (Å²) in [6.45, 7) is 2.15. The summed E-state index contributed by atoms with van der Waals surface area (Å²) < 4.78 is 27.3. The lowest BCUT2D eigenvalue weighted by Crippen LogP contribution is -2.14. The van der Waals surface area contributed by atoms with Gasteiger partial charge in [-0.15, -0.1) is 11.3 Å². The van der Waals surface area contributed by atoms with E-state index in [1.54, 1.807) is 0 Å². The predicted molar refractivity (Wildman–Crippen MR) is 87.2 cm³/mol. The average Bonchev–Trinajstić information content (AvgIpc) is 2.87. The molecule has 9 heteroatoms. The van der Waals surface area contributed by atoms with E-state index in [4.69, 9.17) is 0 Å². The Labute approximate surface area is 137 Å². The Morgan fingerprint density at radius 3 is 2.87 bits per heavy atom. The van der Waals surface area contributed by atoms with E-state index in [9.17, 15) is 18.5 Å². The second-order valence-corrected chi connectivity index (χ2v) is 8.30. The molecule has 0 bridgehead atoms. The number of aromatic nitrogens is 1. The summed E-state index contributed by atoms with van der Waals surface area (Å²) >= 11 is 1.30. The average molecular weight is 353 g/mol. The van der Waals surface area contributed by atoms with Gasteiger partial charge in [-0.1, -0.05) is 19.1 Å². The van der Waals surface area contributed by atoms with E-state index in [0.717, 1.165) is 29.8 Å². The summed E-state index contributed by atoms with van der Waals surface area (Å²) in [4.78, 5) is 15.4. The van der Waals surface area contributed by atoms with Crippen LogP contribution in [0.3, 0.4) is 0 Å². The first kappa shape index (κ1) is 15.9. The highest BCUT2D eigenvalue weighted by Gasteiger charge is 2.27. The van der Waals surface area contributed by atoms with E-state index in [0.29, 0.717) is 5.92 Å². The number of anilines is 1. The second kappa shape index (κ2) is 5.89. The van der Waals surface area contributed by atoms with Crippen LogP contribution in [0.2, 0.25) is 0 Å². The molecule has 0 saturated heterocycles. The molecule has 1 N–H and O–H groups in total. The molecule has 0 fully saturated rings. The monoisotopic (exact) mass is 353 g/mol. The summed E-state index contributed by atoms with van der Waals surface area (Å²) in [5, 5.41) is 11.3. The molecule has 1 aromatic carbocycles. The summed E-state index contributed by atoms with van der Waals surface area (Å²) in [7, 11) is -4.05. The minimum atomic E-state index is -4.05. The van der Waals surface area contributed by atoms with Gasteiger partial charge in [-0.05, 0) is 31.2 Å². The first-order valence-electron chi connectivity index (χ1n) is 7.11. The van der Waals surface area contributed by atoms with E-state index in [1.807, 2.05) is 0 Å². The zero-order chi connectivity index (χ0) is 16.6. The molecule has 1 aliphatic rings. The molecule has 0 saturated carbocycles. The molecule has 1 heterocycles. The van der Waals surface area contributed by atoms with Crippen molar-refractivity contribution in [1.29, 1.82) is 0 Å². The molecule has 1 atom stereocenters. The molecule has 2 aromatic rings. The van der Waals surface area contributed by atoms with Gasteiger partial charge in [0.2, 0.25) is 0 Å². The fraction of sp³-hybridized carbons (Fsp3) is 0.357. The number of hydrogen-bond acceptors (Lipinski definition) is 6. The number of fused-ring (bicyclic) bond motifs is 1. The Hall–Kier alpha value is -2.00. The first-order valence-corrected chi connectivity index (χ1v) is 9.41. The van der Waals surface area contributed by atoms with Crippen LogP contribution >= 0.6 is 11.3 Å². The Morgan fingerprint density at radius 2 is 2.13 bits per heavy atom. The molecule has 122 valence electrons. The number of nitro benzene ring substituents is 1. The molecule has 23 heavy (non-hydrogen) atoms. The second-order valence-electron chi connectivity index (χ2n) is 5.57. The molecule has 0 amide bonds. The Bertz CT molecular complexity index is 861. The molecule has 3 rings (SSSR count). The SMILES string of the molecule is CC1CCc2nc(NS(=O)(=O)c3ccccc3[N+](=O)[O-])sc2C1. The van der Waals surface area contributed by atoms with E-state index < -0.39 is 20.6 Å². The number of rotatable bonds is 4. The van der Waals surface area contributed by atoms with Gasteiger partial charge in [-0.25, -0.2) is 13.4 Å². The molecule has 1 unspecified atom stereocenters. The number of nitrogens with one attached hydrogen (secondary N) is 1. The van der Waals surface area contributed by atoms with E-state index >= 15 is 0 Å². The molecule has 0 aliphatic heterocycles. The standard InChI is InChI=1S/C14H15N3O4S2/c1-9-6-7-10-12(8-9)22-14(15-10)16-23(20,21)13-5-3-2-4-11(13)17(18)19/h2-5,9H,6-8H2,1H3,(H,15,16). The van der Waals surface area contributed by atoms with Gasteiger partial charge in [0.25, 0.3) is 15.7 Å². The van der Waals surface area contributed by atoms with Gasteiger partial charge in [0.05, 0.1) is 10.6 Å². The number of hydrogen-bond donors (Lipinski definition) is 1. The molecule has 0 radical (unpaired) electrons. The Morgan fingerprint density at radius 1 is 1.39 bits per heavy atom. The fourth-order valence-electron chi connectivity index (χ4n) is 2.59. The highest BCUT2D eigenvalue weighted by molar-refractivity contribution is 7.93. The van der Waals surface area contributed by atoms with Gasteiger partial charge >= 0.3 is 0 Å². The van der Waals surface area contributed by atoms with Crippen LogP contribution in [0, 0.1) is 16.0 Å². The van der Waals surface area contributed by atoms with Crippen molar-refractivity contribution in [2.24, 2.45) is 5.92 Å². The van der Waals surface area contributed by atoms with Gasteiger partial charge < -0.3 is 0 Å². The molecule has 1 aliphatic carbocycles. The van der Waals surface area contributed by atoms with E-state index in [-0.39, 0.29) is 10.0 Å². The van der Waals surface area contributed by atoms with E-state index in [1.165, 1.54) is 35.6 Å². The van der Waals surface area contributed by atoms with Crippen LogP contribution in [0.25, 0.3) is 0 Å². The third kappa shape index (κ3) is 3.20. The lowest BCUT2D eigenvalue weighted by atomic mass is 9.93. The third-order valence-corrected chi connectivity index (χ3v) is 6.31. The maximum atomic E-state index is 12.5. The van der Waals surface area contributed by atoms with Gasteiger partial charge in [0.15, 0.2) is 10.0 Å². The quantitative estimate of drug-likeness (QED) is 0.672. The highest BCUT2D eigenvalue weighted by atomic mass is 32.2. The van der Waals surface area contributed by atoms with Gasteiger partial charge in [0.1, 0.15) is 0 Å². The van der Waals surface area contributed by atoms with Crippen LogP contribution in [-0.2, 0) is 22.9 Å². The van der Waals surface area contributed by atoms with Crippen molar-refractivity contribution in [1.82, 2.24) is 4.98 Å². The van der Waals surface area contributed by atoms with Crippen molar-refractivity contribution in [2.75, 3.05) is 4.72 Å². The number of nitro groups is 1. The fourth-order valence-corrected chi connectivity index (χ4v) is 5.17. The lowest BCUT2D eigenvalue weighted by molar-refractivity contribution is -0.387. The predicted octanol–water partition coefficient (Wildman–Crippen LogP) is 2.98. The number of benzene rings is 1. The summed E-state index contributed by atoms with van der Waals surface area (Å²) in [5.74, 6) is 0.558. The van der Waals surface area contributed by atoms with Crippen molar-refractivity contribution in [3.05, 3.63) is 45.0 Å². The summed E-state index contributed by atoms with van der Waals surface area (Å²) in [5.41, 5.74) is 0.475. The highest BCUT2D eigenvalue weighted by Crippen LogP contribution is 2.33. The van der Waals surface area contributed by atoms with Crippen LogP contribution in [0.5, 0.6) is 0 Å². The van der Waals surface area contributed by atoms with Crippen LogP contribution in [0.15, 0.2) is 29.2 Å². The largest absolute Gasteiger partial charge is 0.289 e. The van der Waals surface area contributed by atoms with Gasteiger partial charge in [0, 0.05) is 10.9 Å². The number of aryl methyl sites for hydroxylation is 1. The van der Waals surface area contributed by atoms with Crippen LogP contribution in [0.4, 0.5) is 10.8 Å². The smallest absolute Gasteiger partial charge is 0.258 e. The number of para-hydroxylation sites is 1. The molecular formula is C14H15N3O4S2. The van der Waals surface area contributed by atoms with Crippen molar-refractivity contribution in [3.8, 4) is 0 Å². The Kier molecular flexibility index (Phi) is 4.07. The van der Waals surface area contributed by atoms with Crippen LogP contribution in [0.1, 0.15) is 23.9 Å². The summed E-state index contributed by atoms with van der Waals surface area (Å²) in [6.07, 6.45) is 2.76. The Balaban J connectivity index is 1.92. The van der Waals surface area contributed by atoms with Crippen LogP contribution < -0.4 is 4.72 Å². The maximum absolute atomic E-state index is 12.5. The van der Waals surface area contributed by atoms with Crippen molar-refractivity contribution >= 4 is 32.2 Å². The third-order valence-electron chi connectivity index (χ3n) is 3.76. The lowest BCUT2D eigenvalue weighted by Gasteiger charge is -2.15. The van der Waals surface area contributed by atoms with Crippen molar-refractivity contribution < 1.29 is 13.3 Å². The normalized spacial score (nSPS) is 17.5. The zero-order valence-electron chi connectivity index (χ0n) is 12.4. The van der Waals surface area contributed by atoms with Crippen molar-refractivity contribution in [2.45, 2.75) is 31.1 Å². The van der Waals surface area contributed by atoms with Crippen LogP contribution in [-0.4, -0.2) is 18.3 Å². The zero-order valence-corrected chi connectivity index (χ0v) is 14.0. The number of sulfonamides is 1. The minimum Gasteiger partial charge on any atom is -0.258 e. The topological polar surface area (TPSA) is 102 Å². The summed E-state index contributed by atoms with van der Waals surface area (Å²) in [6, 6.07) is 5.27. The maximum Gasteiger partial charge on any atom is 0.289 e. The van der Waals surface area contributed by atoms with Gasteiger partial charge in [-0.3, -0.25) is 14.8 Å². The minimum absolute atomic E-state index is 0.266. The molecule has 0 spiro atoms. The first-order chi connectivity index (χ1) is 10.9. The molecular weight excluding hydrogens is 338 g/mol.